The third-order valence-electron chi connectivity index (χ3n) is 3.12. The third-order valence-corrected chi connectivity index (χ3v) is 3.12. The first-order valence-corrected chi connectivity index (χ1v) is 6.41. The summed E-state index contributed by atoms with van der Waals surface area (Å²) in [4.78, 5) is 0. The van der Waals surface area contributed by atoms with E-state index in [0.717, 1.165) is 19.4 Å². The molecule has 1 saturated heterocycles. The van der Waals surface area contributed by atoms with E-state index >= 15 is 0 Å². The van der Waals surface area contributed by atoms with Gasteiger partial charge in [0.25, 0.3) is 0 Å². The summed E-state index contributed by atoms with van der Waals surface area (Å²) < 4.78 is 11.4. The minimum absolute atomic E-state index is 0.0680. The van der Waals surface area contributed by atoms with E-state index in [0.29, 0.717) is 0 Å². The van der Waals surface area contributed by atoms with E-state index in [1.165, 1.54) is 6.42 Å². The summed E-state index contributed by atoms with van der Waals surface area (Å²) in [5.74, 6) is 0. The molecule has 0 aliphatic carbocycles. The van der Waals surface area contributed by atoms with Crippen LogP contribution in [0.5, 0.6) is 0 Å². The lowest BCUT2D eigenvalue weighted by Gasteiger charge is -2.42. The van der Waals surface area contributed by atoms with Crippen molar-refractivity contribution >= 4 is 7.85 Å². The monoisotopic (exact) mass is 226 g/mol. The van der Waals surface area contributed by atoms with Gasteiger partial charge in [-0.1, -0.05) is 27.7 Å². The second-order valence-electron chi connectivity index (χ2n) is 5.15. The van der Waals surface area contributed by atoms with Crippen molar-refractivity contribution < 1.29 is 9.47 Å². The number of rotatable bonds is 3. The fraction of sp³-hybridized carbons (Fsp3) is 1.00. The minimum atomic E-state index is -0.353. The molecule has 1 fully saturated rings. The lowest BCUT2D eigenvalue weighted by atomic mass is 9.62. The highest BCUT2D eigenvalue weighted by Gasteiger charge is 2.36. The molecule has 1 unspecified atom stereocenters. The van der Waals surface area contributed by atoms with E-state index in [2.05, 4.69) is 0 Å². The van der Waals surface area contributed by atoms with Crippen LogP contribution in [0.15, 0.2) is 0 Å². The van der Waals surface area contributed by atoms with E-state index in [1.54, 1.807) is 0 Å². The zero-order chi connectivity index (χ0) is 12.8. The van der Waals surface area contributed by atoms with E-state index in [1.807, 2.05) is 41.5 Å². The molecular formula is C13H27BO2. The highest BCUT2D eigenvalue weighted by atomic mass is 16.7. The molecular weight excluding hydrogens is 199 g/mol. The fourth-order valence-electron chi connectivity index (χ4n) is 1.28. The second kappa shape index (κ2) is 6.66. The van der Waals surface area contributed by atoms with Crippen molar-refractivity contribution in [2.24, 2.45) is 0 Å². The molecule has 1 aliphatic heterocycles. The molecule has 0 aromatic carbocycles. The molecule has 1 atom stereocenters. The summed E-state index contributed by atoms with van der Waals surface area (Å²) in [7, 11) is 6.05. The largest absolute Gasteiger partial charge is 0.353 e. The molecule has 2 nitrogen and oxygen atoms in total. The fourth-order valence-corrected chi connectivity index (χ4v) is 1.28. The van der Waals surface area contributed by atoms with Crippen LogP contribution in [0.2, 0.25) is 5.31 Å². The number of hydrogen-bond acceptors (Lipinski definition) is 2. The average molecular weight is 226 g/mol. The molecule has 1 rings (SSSR count). The topological polar surface area (TPSA) is 18.5 Å². The summed E-state index contributed by atoms with van der Waals surface area (Å²) in [5, 5.41) is -0.353. The molecule has 1 heterocycles. The van der Waals surface area contributed by atoms with Gasteiger partial charge >= 0.3 is 0 Å². The van der Waals surface area contributed by atoms with Crippen molar-refractivity contribution in [3.05, 3.63) is 0 Å². The van der Waals surface area contributed by atoms with Crippen LogP contribution in [0.1, 0.15) is 60.8 Å². The van der Waals surface area contributed by atoms with Crippen molar-refractivity contribution in [3.63, 3.8) is 0 Å². The van der Waals surface area contributed by atoms with Gasteiger partial charge in [-0.05, 0) is 38.4 Å². The van der Waals surface area contributed by atoms with Crippen LogP contribution >= 0.6 is 0 Å². The highest BCUT2D eigenvalue weighted by molar-refractivity contribution is 6.15. The quantitative estimate of drug-likeness (QED) is 0.683. The standard InChI is InChI=1S/C11H21BO2.C2H6/c1-10(2,12)11(3,4)14-9-7-5-6-8-13-9;1-2/h9H,5-8H2,1-4H3;1-2H3. The van der Waals surface area contributed by atoms with Gasteiger partial charge in [0.2, 0.25) is 0 Å². The van der Waals surface area contributed by atoms with Gasteiger partial charge in [-0.3, -0.25) is 0 Å². The molecule has 1 aliphatic rings. The molecule has 0 spiro atoms. The highest BCUT2D eigenvalue weighted by Crippen LogP contribution is 2.38. The van der Waals surface area contributed by atoms with E-state index in [9.17, 15) is 0 Å². The molecule has 3 heteroatoms. The molecule has 94 valence electrons. The summed E-state index contributed by atoms with van der Waals surface area (Å²) >= 11 is 0. The van der Waals surface area contributed by atoms with Crippen molar-refractivity contribution in [1.82, 2.24) is 0 Å². The molecule has 0 aromatic rings. The Balaban J connectivity index is 0.00000106. The maximum Gasteiger partial charge on any atom is 0.158 e. The zero-order valence-electron chi connectivity index (χ0n) is 11.8. The van der Waals surface area contributed by atoms with Gasteiger partial charge in [-0.25, -0.2) is 0 Å². The van der Waals surface area contributed by atoms with Crippen LogP contribution in [-0.2, 0) is 9.47 Å². The van der Waals surface area contributed by atoms with Gasteiger partial charge in [0.05, 0.1) is 13.4 Å². The first-order valence-electron chi connectivity index (χ1n) is 6.41. The summed E-state index contributed by atoms with van der Waals surface area (Å²) in [5.41, 5.74) is -0.352. The van der Waals surface area contributed by atoms with Gasteiger partial charge in [-0.15, -0.1) is 0 Å². The van der Waals surface area contributed by atoms with E-state index < -0.39 is 0 Å². The summed E-state index contributed by atoms with van der Waals surface area (Å²) in [6, 6.07) is 0. The first kappa shape index (κ1) is 16.0. The van der Waals surface area contributed by atoms with Crippen molar-refractivity contribution in [2.45, 2.75) is 78.0 Å². The lowest BCUT2D eigenvalue weighted by molar-refractivity contribution is -0.223. The van der Waals surface area contributed by atoms with Crippen LogP contribution in [-0.4, -0.2) is 26.3 Å². The van der Waals surface area contributed by atoms with E-state index in [4.69, 9.17) is 17.3 Å². The van der Waals surface area contributed by atoms with Gasteiger partial charge in [-0.2, -0.15) is 0 Å². The van der Waals surface area contributed by atoms with Gasteiger partial charge < -0.3 is 9.47 Å². The maximum absolute atomic E-state index is 6.05. The van der Waals surface area contributed by atoms with Crippen molar-refractivity contribution in [1.29, 1.82) is 0 Å². The number of ether oxygens (including phenoxy) is 2. The molecule has 16 heavy (non-hydrogen) atoms. The normalized spacial score (nSPS) is 22.2. The van der Waals surface area contributed by atoms with Crippen LogP contribution in [0, 0.1) is 0 Å². The SMILES string of the molecule is CC.[B]C(C)(C)C(C)(C)OC1CCCCO1. The zero-order valence-corrected chi connectivity index (χ0v) is 11.8. The Morgan fingerprint density at radius 2 is 1.69 bits per heavy atom. The first-order chi connectivity index (χ1) is 7.33. The number of hydrogen-bond donors (Lipinski definition) is 0. The van der Waals surface area contributed by atoms with E-state index in [-0.39, 0.29) is 17.2 Å². The lowest BCUT2D eigenvalue weighted by Crippen LogP contribution is -2.41. The average Bonchev–Trinajstić information content (AvgIpc) is 2.20. The minimum Gasteiger partial charge on any atom is -0.353 e. The Morgan fingerprint density at radius 3 is 2.06 bits per heavy atom. The van der Waals surface area contributed by atoms with Crippen LogP contribution in [0.3, 0.4) is 0 Å². The Labute approximate surface area is 102 Å². The predicted octanol–water partition coefficient (Wildman–Crippen LogP) is 3.70. The summed E-state index contributed by atoms with van der Waals surface area (Å²) in [6.07, 6.45) is 3.25. The van der Waals surface area contributed by atoms with Crippen LogP contribution in [0.4, 0.5) is 0 Å². The van der Waals surface area contributed by atoms with Crippen molar-refractivity contribution in [3.8, 4) is 0 Å². The Bertz CT molecular complexity index is 179. The molecule has 2 radical (unpaired) electrons. The molecule has 0 N–H and O–H groups in total. The Kier molecular flexibility index (Phi) is 6.65. The Morgan fingerprint density at radius 1 is 1.12 bits per heavy atom. The predicted molar refractivity (Wildman–Crippen MR) is 69.9 cm³/mol. The van der Waals surface area contributed by atoms with Crippen LogP contribution < -0.4 is 0 Å². The smallest absolute Gasteiger partial charge is 0.158 e. The molecule has 0 saturated carbocycles. The Hall–Kier alpha value is -0.0151. The van der Waals surface area contributed by atoms with Gasteiger partial charge in [0.15, 0.2) is 6.29 Å². The molecule has 0 aromatic heterocycles. The van der Waals surface area contributed by atoms with Gasteiger partial charge in [0, 0.05) is 6.61 Å². The van der Waals surface area contributed by atoms with Crippen LogP contribution in [0.25, 0.3) is 0 Å². The molecule has 0 amide bonds. The van der Waals surface area contributed by atoms with Gasteiger partial charge in [0.1, 0.15) is 0 Å². The second-order valence-corrected chi connectivity index (χ2v) is 5.15. The summed E-state index contributed by atoms with van der Waals surface area (Å²) in [6.45, 7) is 12.8. The van der Waals surface area contributed by atoms with Crippen molar-refractivity contribution in [2.75, 3.05) is 6.61 Å². The maximum atomic E-state index is 6.05. The third kappa shape index (κ3) is 4.88. The molecule has 0 bridgehead atoms.